The predicted octanol–water partition coefficient (Wildman–Crippen LogP) is 3.86. The molecule has 0 amide bonds. The molecule has 0 radical (unpaired) electrons. The molecule has 1 fully saturated rings. The molecule has 9 heteroatoms. The number of rotatable bonds is 7. The van der Waals surface area contributed by atoms with Crippen molar-refractivity contribution in [2.24, 2.45) is 5.92 Å². The Bertz CT molecular complexity index is 979. The summed E-state index contributed by atoms with van der Waals surface area (Å²) in [6.07, 6.45) is -4.87. The first-order chi connectivity index (χ1) is 14.1. The molecule has 0 spiro atoms. The van der Waals surface area contributed by atoms with E-state index in [0.29, 0.717) is 30.9 Å². The zero-order valence-corrected chi connectivity index (χ0v) is 16.1. The van der Waals surface area contributed by atoms with Crippen LogP contribution in [0.2, 0.25) is 0 Å². The minimum Gasteiger partial charge on any atom is -0.489 e. The quantitative estimate of drug-likeness (QED) is 0.733. The second-order valence-corrected chi connectivity index (χ2v) is 7.10. The molecule has 2 aromatic carbocycles. The molecule has 2 aromatic rings. The third-order valence-electron chi connectivity index (χ3n) is 4.81. The summed E-state index contributed by atoms with van der Waals surface area (Å²) in [5, 5.41) is 18.0. The Morgan fingerprint density at radius 1 is 1.27 bits per heavy atom. The molecule has 3 rings (SSSR count). The summed E-state index contributed by atoms with van der Waals surface area (Å²) in [5.41, 5.74) is 2.35. The van der Waals surface area contributed by atoms with Crippen molar-refractivity contribution in [3.8, 4) is 17.6 Å². The lowest BCUT2D eigenvalue weighted by Crippen LogP contribution is -2.49. The van der Waals surface area contributed by atoms with E-state index in [1.807, 2.05) is 19.1 Å². The standard InChI is InChI=1S/C21H19F3N2O4/c1-13-6-18(4-3-15(13)9-26-10-17(11-26)20(27)28)29-12-14-2-5-19(16(7-14)8-25)30-21(22,23)24/h2-7,17H,9-12H2,1H3,(H,27,28). The molecule has 0 aromatic heterocycles. The summed E-state index contributed by atoms with van der Waals surface area (Å²) >= 11 is 0. The molecule has 0 bridgehead atoms. The largest absolute Gasteiger partial charge is 0.573 e. The number of carboxylic acid groups (broad SMARTS) is 1. The van der Waals surface area contributed by atoms with Crippen molar-refractivity contribution in [3.05, 3.63) is 58.7 Å². The molecule has 158 valence electrons. The molecular weight excluding hydrogens is 401 g/mol. The van der Waals surface area contributed by atoms with E-state index in [-0.39, 0.29) is 18.1 Å². The van der Waals surface area contributed by atoms with Crippen LogP contribution in [-0.2, 0) is 17.9 Å². The molecule has 0 saturated carbocycles. The first kappa shape index (κ1) is 21.5. The number of nitrogens with zero attached hydrogens (tertiary/aromatic N) is 2. The first-order valence-corrected chi connectivity index (χ1v) is 9.11. The average molecular weight is 420 g/mol. The highest BCUT2D eigenvalue weighted by molar-refractivity contribution is 5.71. The van der Waals surface area contributed by atoms with Crippen LogP contribution in [0.25, 0.3) is 0 Å². The number of carboxylic acids is 1. The topological polar surface area (TPSA) is 82.8 Å². The summed E-state index contributed by atoms with van der Waals surface area (Å²) in [6, 6.07) is 11.0. The van der Waals surface area contributed by atoms with Gasteiger partial charge >= 0.3 is 12.3 Å². The molecular formula is C21H19F3N2O4. The van der Waals surface area contributed by atoms with Gasteiger partial charge in [0, 0.05) is 19.6 Å². The highest BCUT2D eigenvalue weighted by Gasteiger charge is 2.33. The second kappa shape index (κ2) is 8.63. The number of halogens is 3. The van der Waals surface area contributed by atoms with Crippen molar-refractivity contribution in [2.45, 2.75) is 26.4 Å². The van der Waals surface area contributed by atoms with Gasteiger partial charge in [0.25, 0.3) is 0 Å². The lowest BCUT2D eigenvalue weighted by atomic mass is 9.98. The summed E-state index contributed by atoms with van der Waals surface area (Å²) in [7, 11) is 0. The molecule has 0 atom stereocenters. The Morgan fingerprint density at radius 3 is 2.60 bits per heavy atom. The number of benzene rings is 2. The van der Waals surface area contributed by atoms with Crippen LogP contribution in [0.15, 0.2) is 36.4 Å². The van der Waals surface area contributed by atoms with E-state index < -0.39 is 18.1 Å². The van der Waals surface area contributed by atoms with Crippen LogP contribution in [0.5, 0.6) is 11.5 Å². The molecule has 0 aliphatic carbocycles. The lowest BCUT2D eigenvalue weighted by molar-refractivity contribution is -0.274. The number of hydrogen-bond donors (Lipinski definition) is 1. The third-order valence-corrected chi connectivity index (χ3v) is 4.81. The van der Waals surface area contributed by atoms with Gasteiger partial charge in [-0.1, -0.05) is 12.1 Å². The number of aliphatic carboxylic acids is 1. The first-order valence-electron chi connectivity index (χ1n) is 9.11. The van der Waals surface area contributed by atoms with Crippen LogP contribution in [0.4, 0.5) is 13.2 Å². The zero-order valence-electron chi connectivity index (χ0n) is 16.1. The van der Waals surface area contributed by atoms with Gasteiger partial charge in [-0.3, -0.25) is 9.69 Å². The fourth-order valence-corrected chi connectivity index (χ4v) is 3.17. The monoisotopic (exact) mass is 420 g/mol. The van der Waals surface area contributed by atoms with Gasteiger partial charge in [0.15, 0.2) is 0 Å². The van der Waals surface area contributed by atoms with Gasteiger partial charge < -0.3 is 14.6 Å². The maximum Gasteiger partial charge on any atom is 0.573 e. The molecule has 1 N–H and O–H groups in total. The summed E-state index contributed by atoms with van der Waals surface area (Å²) in [6.45, 7) is 3.71. The molecule has 30 heavy (non-hydrogen) atoms. The van der Waals surface area contributed by atoms with E-state index in [9.17, 15) is 18.0 Å². The minimum atomic E-state index is -4.87. The van der Waals surface area contributed by atoms with E-state index in [1.54, 1.807) is 12.1 Å². The van der Waals surface area contributed by atoms with Crippen LogP contribution in [-0.4, -0.2) is 35.4 Å². The summed E-state index contributed by atoms with van der Waals surface area (Å²) < 4.78 is 46.7. The summed E-state index contributed by atoms with van der Waals surface area (Å²) in [5.74, 6) is -1.05. The van der Waals surface area contributed by atoms with Crippen LogP contribution in [0, 0.1) is 24.2 Å². The molecule has 1 aliphatic rings. The molecule has 6 nitrogen and oxygen atoms in total. The van der Waals surface area contributed by atoms with E-state index in [2.05, 4.69) is 9.64 Å². The highest BCUT2D eigenvalue weighted by atomic mass is 19.4. The maximum absolute atomic E-state index is 12.4. The second-order valence-electron chi connectivity index (χ2n) is 7.10. The van der Waals surface area contributed by atoms with Crippen molar-refractivity contribution < 1.29 is 32.5 Å². The number of ether oxygens (including phenoxy) is 2. The Labute approximate surface area is 171 Å². The Balaban J connectivity index is 1.59. The number of carbonyl (C=O) groups is 1. The number of alkyl halides is 3. The fourth-order valence-electron chi connectivity index (χ4n) is 3.17. The van der Waals surface area contributed by atoms with Crippen molar-refractivity contribution >= 4 is 5.97 Å². The number of aryl methyl sites for hydroxylation is 1. The van der Waals surface area contributed by atoms with Gasteiger partial charge in [-0.2, -0.15) is 5.26 Å². The number of hydrogen-bond acceptors (Lipinski definition) is 5. The Morgan fingerprint density at radius 2 is 2.00 bits per heavy atom. The van der Waals surface area contributed by atoms with Gasteiger partial charge in [0.1, 0.15) is 24.2 Å². The van der Waals surface area contributed by atoms with Gasteiger partial charge in [-0.05, 0) is 47.9 Å². The Kier molecular flexibility index (Phi) is 6.17. The van der Waals surface area contributed by atoms with E-state index >= 15 is 0 Å². The van der Waals surface area contributed by atoms with Crippen LogP contribution in [0.3, 0.4) is 0 Å². The number of nitriles is 1. The third kappa shape index (κ3) is 5.42. The van der Waals surface area contributed by atoms with Crippen molar-refractivity contribution in [2.75, 3.05) is 13.1 Å². The van der Waals surface area contributed by atoms with Gasteiger partial charge in [0.05, 0.1) is 11.5 Å². The minimum absolute atomic E-state index is 0.0756. The zero-order chi connectivity index (χ0) is 21.9. The van der Waals surface area contributed by atoms with Crippen LogP contribution < -0.4 is 9.47 Å². The predicted molar refractivity (Wildman–Crippen MR) is 99.8 cm³/mol. The van der Waals surface area contributed by atoms with Crippen molar-refractivity contribution in [1.29, 1.82) is 5.26 Å². The Hall–Kier alpha value is -3.25. The normalized spacial score (nSPS) is 14.6. The van der Waals surface area contributed by atoms with E-state index in [0.717, 1.165) is 17.2 Å². The average Bonchev–Trinajstić information content (AvgIpc) is 2.63. The highest BCUT2D eigenvalue weighted by Crippen LogP contribution is 2.28. The van der Waals surface area contributed by atoms with Gasteiger partial charge in [0.2, 0.25) is 0 Å². The molecule has 0 unspecified atom stereocenters. The molecule has 1 saturated heterocycles. The lowest BCUT2D eigenvalue weighted by Gasteiger charge is -2.36. The van der Waals surface area contributed by atoms with Crippen LogP contribution in [0.1, 0.15) is 22.3 Å². The van der Waals surface area contributed by atoms with Gasteiger partial charge in [-0.15, -0.1) is 13.2 Å². The smallest absolute Gasteiger partial charge is 0.489 e. The van der Waals surface area contributed by atoms with Crippen molar-refractivity contribution in [1.82, 2.24) is 4.90 Å². The SMILES string of the molecule is Cc1cc(OCc2ccc(OC(F)(F)F)c(C#N)c2)ccc1CN1CC(C(=O)O)C1. The van der Waals surface area contributed by atoms with Gasteiger partial charge in [-0.25, -0.2) is 0 Å². The number of likely N-dealkylation sites (tertiary alicyclic amines) is 1. The maximum atomic E-state index is 12.4. The molecule has 1 aliphatic heterocycles. The fraction of sp³-hybridized carbons (Fsp3) is 0.333. The van der Waals surface area contributed by atoms with E-state index in [4.69, 9.17) is 15.1 Å². The molecule has 1 heterocycles. The van der Waals surface area contributed by atoms with Crippen LogP contribution >= 0.6 is 0 Å². The van der Waals surface area contributed by atoms with E-state index in [1.165, 1.54) is 12.1 Å². The van der Waals surface area contributed by atoms with Crippen molar-refractivity contribution in [3.63, 3.8) is 0 Å². The summed E-state index contributed by atoms with van der Waals surface area (Å²) in [4.78, 5) is 12.9.